The van der Waals surface area contributed by atoms with Gasteiger partial charge in [0.1, 0.15) is 0 Å². The third-order valence-corrected chi connectivity index (χ3v) is 2.82. The Morgan fingerprint density at radius 1 is 1.32 bits per heavy atom. The lowest BCUT2D eigenvalue weighted by molar-refractivity contribution is 0.0697. The fourth-order valence-corrected chi connectivity index (χ4v) is 1.71. The summed E-state index contributed by atoms with van der Waals surface area (Å²) in [7, 11) is 0. The number of aromatic nitrogens is 3. The highest BCUT2D eigenvalue weighted by Gasteiger charge is 2.11. The van der Waals surface area contributed by atoms with Crippen LogP contribution in [0.15, 0.2) is 18.2 Å². The maximum absolute atomic E-state index is 11.6. The standard InChI is InChI=1S/C9H6ClN5O3S/c10-5-2-1-4(7(16)17)3-6(5)11-8(18)12-9-13-14-15-19-9/h1-3H,(H,16,17)(H2,11,12,13,15,18). The number of anilines is 2. The van der Waals surface area contributed by atoms with Crippen molar-refractivity contribution in [1.29, 1.82) is 0 Å². The van der Waals surface area contributed by atoms with E-state index < -0.39 is 12.0 Å². The SMILES string of the molecule is O=C(Nc1nnns1)Nc1cc(C(=O)O)ccc1Cl. The van der Waals surface area contributed by atoms with E-state index in [1.165, 1.54) is 18.2 Å². The number of amides is 2. The first-order valence-corrected chi connectivity index (χ1v) is 5.97. The van der Waals surface area contributed by atoms with Crippen LogP contribution in [0.2, 0.25) is 5.02 Å². The van der Waals surface area contributed by atoms with Gasteiger partial charge < -0.3 is 10.4 Å². The van der Waals surface area contributed by atoms with E-state index in [0.717, 1.165) is 11.5 Å². The van der Waals surface area contributed by atoms with Gasteiger partial charge in [-0.05, 0) is 23.4 Å². The molecule has 0 fully saturated rings. The van der Waals surface area contributed by atoms with Crippen molar-refractivity contribution in [3.63, 3.8) is 0 Å². The lowest BCUT2D eigenvalue weighted by Gasteiger charge is -2.07. The molecule has 0 aliphatic heterocycles. The van der Waals surface area contributed by atoms with Crippen LogP contribution in [0.25, 0.3) is 0 Å². The summed E-state index contributed by atoms with van der Waals surface area (Å²) in [6.45, 7) is 0. The molecule has 19 heavy (non-hydrogen) atoms. The fourth-order valence-electron chi connectivity index (χ4n) is 1.19. The molecule has 0 radical (unpaired) electrons. The minimum Gasteiger partial charge on any atom is -0.478 e. The molecular formula is C9H6ClN5O3S. The maximum atomic E-state index is 11.6. The Labute approximate surface area is 115 Å². The van der Waals surface area contributed by atoms with Gasteiger partial charge in [0.25, 0.3) is 0 Å². The van der Waals surface area contributed by atoms with Crippen molar-refractivity contribution >= 4 is 46.0 Å². The number of rotatable bonds is 3. The summed E-state index contributed by atoms with van der Waals surface area (Å²) < 4.78 is 3.47. The van der Waals surface area contributed by atoms with E-state index in [9.17, 15) is 9.59 Å². The van der Waals surface area contributed by atoms with Crippen LogP contribution in [-0.2, 0) is 0 Å². The molecule has 0 bridgehead atoms. The molecule has 2 rings (SSSR count). The Hall–Kier alpha value is -2.26. The zero-order valence-electron chi connectivity index (χ0n) is 9.12. The predicted octanol–water partition coefficient (Wildman–Crippen LogP) is 1.93. The number of carbonyl (C=O) groups excluding carboxylic acids is 1. The van der Waals surface area contributed by atoms with Crippen molar-refractivity contribution in [2.75, 3.05) is 10.6 Å². The van der Waals surface area contributed by atoms with E-state index in [1.807, 2.05) is 0 Å². The van der Waals surface area contributed by atoms with Crippen molar-refractivity contribution in [2.24, 2.45) is 0 Å². The average Bonchev–Trinajstić information content (AvgIpc) is 2.84. The van der Waals surface area contributed by atoms with Crippen LogP contribution in [0.1, 0.15) is 10.4 Å². The highest BCUT2D eigenvalue weighted by Crippen LogP contribution is 2.23. The molecule has 0 unspecified atom stereocenters. The maximum Gasteiger partial charge on any atom is 0.335 e. The summed E-state index contributed by atoms with van der Waals surface area (Å²) in [6.07, 6.45) is 0. The molecule has 2 amide bonds. The Balaban J connectivity index is 2.11. The number of carbonyl (C=O) groups is 2. The normalized spacial score (nSPS) is 9.95. The molecule has 0 saturated heterocycles. The molecule has 0 spiro atoms. The number of aromatic carboxylic acids is 1. The zero-order valence-corrected chi connectivity index (χ0v) is 10.7. The van der Waals surface area contributed by atoms with Gasteiger partial charge in [-0.3, -0.25) is 5.32 Å². The lowest BCUT2D eigenvalue weighted by Crippen LogP contribution is -2.19. The van der Waals surface area contributed by atoms with E-state index >= 15 is 0 Å². The first kappa shape index (κ1) is 13.2. The van der Waals surface area contributed by atoms with Crippen molar-refractivity contribution in [3.8, 4) is 0 Å². The van der Waals surface area contributed by atoms with Crippen LogP contribution >= 0.6 is 23.1 Å². The van der Waals surface area contributed by atoms with E-state index in [2.05, 4.69) is 25.4 Å². The summed E-state index contributed by atoms with van der Waals surface area (Å²) in [5, 5.41) is 20.9. The first-order chi connectivity index (χ1) is 9.06. The van der Waals surface area contributed by atoms with E-state index in [0.29, 0.717) is 0 Å². The van der Waals surface area contributed by atoms with Gasteiger partial charge in [-0.15, -0.1) is 0 Å². The van der Waals surface area contributed by atoms with Crippen LogP contribution in [0.5, 0.6) is 0 Å². The Morgan fingerprint density at radius 3 is 2.74 bits per heavy atom. The molecule has 0 aliphatic rings. The minimum atomic E-state index is -1.12. The number of carboxylic acids is 1. The highest BCUT2D eigenvalue weighted by molar-refractivity contribution is 7.09. The molecule has 1 aromatic carbocycles. The quantitative estimate of drug-likeness (QED) is 0.797. The molecule has 1 aromatic heterocycles. The van der Waals surface area contributed by atoms with Crippen LogP contribution in [-0.4, -0.2) is 31.9 Å². The second kappa shape index (κ2) is 5.59. The lowest BCUT2D eigenvalue weighted by atomic mass is 10.2. The number of hydrogen-bond donors (Lipinski definition) is 3. The molecule has 0 aliphatic carbocycles. The fraction of sp³-hybridized carbons (Fsp3) is 0. The summed E-state index contributed by atoms with van der Waals surface area (Å²) in [6, 6.07) is 3.35. The van der Waals surface area contributed by atoms with Gasteiger partial charge in [0.2, 0.25) is 5.13 Å². The van der Waals surface area contributed by atoms with Crippen molar-refractivity contribution in [3.05, 3.63) is 28.8 Å². The smallest absolute Gasteiger partial charge is 0.335 e. The highest BCUT2D eigenvalue weighted by atomic mass is 35.5. The summed E-state index contributed by atoms with van der Waals surface area (Å²) in [5.41, 5.74) is 0.189. The number of nitrogens with one attached hydrogen (secondary N) is 2. The third kappa shape index (κ3) is 3.36. The van der Waals surface area contributed by atoms with Crippen LogP contribution in [0.4, 0.5) is 15.6 Å². The van der Waals surface area contributed by atoms with Gasteiger partial charge in [0.05, 0.1) is 16.3 Å². The van der Waals surface area contributed by atoms with E-state index in [1.54, 1.807) is 0 Å². The topological polar surface area (TPSA) is 117 Å². The molecule has 1 heterocycles. The predicted molar refractivity (Wildman–Crippen MR) is 68.8 cm³/mol. The number of urea groups is 1. The van der Waals surface area contributed by atoms with E-state index in [-0.39, 0.29) is 21.4 Å². The molecule has 0 saturated carbocycles. The molecule has 98 valence electrons. The minimum absolute atomic E-state index is 0.0114. The van der Waals surface area contributed by atoms with Gasteiger partial charge in [-0.25, -0.2) is 9.59 Å². The molecule has 2 aromatic rings. The summed E-state index contributed by atoms with van der Waals surface area (Å²) in [5.74, 6) is -1.12. The number of hydrogen-bond acceptors (Lipinski definition) is 6. The average molecular weight is 300 g/mol. The third-order valence-electron chi connectivity index (χ3n) is 1.98. The molecule has 8 nitrogen and oxygen atoms in total. The van der Waals surface area contributed by atoms with Crippen molar-refractivity contribution < 1.29 is 14.7 Å². The molecule has 3 N–H and O–H groups in total. The second-order valence-electron chi connectivity index (χ2n) is 3.25. The monoisotopic (exact) mass is 299 g/mol. The summed E-state index contributed by atoms with van der Waals surface area (Å²) in [4.78, 5) is 22.4. The number of benzene rings is 1. The number of carboxylic acid groups (broad SMARTS) is 1. The summed E-state index contributed by atoms with van der Waals surface area (Å²) >= 11 is 6.76. The van der Waals surface area contributed by atoms with Crippen LogP contribution in [0.3, 0.4) is 0 Å². The van der Waals surface area contributed by atoms with Crippen LogP contribution in [0, 0.1) is 0 Å². The van der Waals surface area contributed by atoms with Gasteiger partial charge in [-0.2, -0.15) is 0 Å². The first-order valence-electron chi connectivity index (χ1n) is 4.82. The van der Waals surface area contributed by atoms with Gasteiger partial charge >= 0.3 is 12.0 Å². The Bertz CT molecular complexity index is 618. The second-order valence-corrected chi connectivity index (χ2v) is 4.39. The molecular weight excluding hydrogens is 294 g/mol. The van der Waals surface area contributed by atoms with E-state index in [4.69, 9.17) is 16.7 Å². The van der Waals surface area contributed by atoms with Crippen LogP contribution < -0.4 is 10.6 Å². The van der Waals surface area contributed by atoms with Gasteiger partial charge in [-0.1, -0.05) is 21.2 Å². The largest absolute Gasteiger partial charge is 0.478 e. The zero-order chi connectivity index (χ0) is 13.8. The molecule has 0 atom stereocenters. The molecule has 10 heteroatoms. The number of halogens is 1. The Kier molecular flexibility index (Phi) is 3.88. The van der Waals surface area contributed by atoms with Gasteiger partial charge in [0.15, 0.2) is 0 Å². The van der Waals surface area contributed by atoms with Crippen molar-refractivity contribution in [1.82, 2.24) is 14.8 Å². The Morgan fingerprint density at radius 2 is 2.11 bits per heavy atom. The van der Waals surface area contributed by atoms with Crippen molar-refractivity contribution in [2.45, 2.75) is 0 Å². The number of nitrogens with zero attached hydrogens (tertiary/aromatic N) is 3. The van der Waals surface area contributed by atoms with Gasteiger partial charge in [0, 0.05) is 11.5 Å².